The summed E-state index contributed by atoms with van der Waals surface area (Å²) < 4.78 is 5.36. The second-order valence-electron chi connectivity index (χ2n) is 4.85. The molecule has 1 aliphatic heterocycles. The van der Waals surface area contributed by atoms with Gasteiger partial charge < -0.3 is 9.84 Å². The van der Waals surface area contributed by atoms with E-state index < -0.39 is 6.29 Å². The van der Waals surface area contributed by atoms with Crippen LogP contribution in [0.1, 0.15) is 33.1 Å². The normalized spacial score (nSPS) is 51.5. The number of ether oxygens (including phenoxy) is 1. The second kappa shape index (κ2) is 3.58. The predicted molar refractivity (Wildman–Crippen MR) is 51.1 cm³/mol. The van der Waals surface area contributed by atoms with E-state index in [1.165, 1.54) is 12.8 Å². The number of rotatable bonds is 0. The number of fused-ring (bicyclic) bond motifs is 1. The highest BCUT2D eigenvalue weighted by molar-refractivity contribution is 4.87. The summed E-state index contributed by atoms with van der Waals surface area (Å²) in [5.74, 6) is 2.50. The molecule has 1 saturated heterocycles. The zero-order valence-electron chi connectivity index (χ0n) is 8.57. The van der Waals surface area contributed by atoms with E-state index >= 15 is 0 Å². The first-order valence-electron chi connectivity index (χ1n) is 5.50. The van der Waals surface area contributed by atoms with E-state index in [9.17, 15) is 5.11 Å². The van der Waals surface area contributed by atoms with E-state index in [-0.39, 0.29) is 0 Å². The molecular weight excluding hydrogens is 164 g/mol. The van der Waals surface area contributed by atoms with Gasteiger partial charge >= 0.3 is 0 Å². The first kappa shape index (κ1) is 9.47. The molecule has 0 radical (unpaired) electrons. The van der Waals surface area contributed by atoms with Crippen LogP contribution in [0.2, 0.25) is 0 Å². The van der Waals surface area contributed by atoms with Gasteiger partial charge in [0.15, 0.2) is 6.29 Å². The van der Waals surface area contributed by atoms with Crippen LogP contribution >= 0.6 is 0 Å². The third kappa shape index (κ3) is 1.62. The van der Waals surface area contributed by atoms with E-state index in [0.29, 0.717) is 17.8 Å². The molecule has 2 fully saturated rings. The summed E-state index contributed by atoms with van der Waals surface area (Å²) in [6, 6.07) is 0. The lowest BCUT2D eigenvalue weighted by atomic mass is 9.66. The fraction of sp³-hybridized carbons (Fsp3) is 1.00. The van der Waals surface area contributed by atoms with Gasteiger partial charge in [-0.25, -0.2) is 0 Å². The maximum absolute atomic E-state index is 9.72. The Bertz CT molecular complexity index is 177. The van der Waals surface area contributed by atoms with Crippen molar-refractivity contribution in [1.82, 2.24) is 0 Å². The molecular formula is C11H20O2. The maximum Gasteiger partial charge on any atom is 0.157 e. The molecule has 0 bridgehead atoms. The summed E-state index contributed by atoms with van der Waals surface area (Å²) in [7, 11) is 0. The van der Waals surface area contributed by atoms with Gasteiger partial charge in [0.1, 0.15) is 0 Å². The van der Waals surface area contributed by atoms with Crippen molar-refractivity contribution in [2.75, 3.05) is 6.61 Å². The molecule has 76 valence electrons. The van der Waals surface area contributed by atoms with Crippen LogP contribution in [-0.2, 0) is 4.74 Å². The average Bonchev–Trinajstić information content (AvgIpc) is 2.12. The summed E-state index contributed by atoms with van der Waals surface area (Å²) in [6.07, 6.45) is 3.26. The van der Waals surface area contributed by atoms with Crippen molar-refractivity contribution in [3.05, 3.63) is 0 Å². The molecule has 1 saturated carbocycles. The molecule has 2 aliphatic rings. The molecule has 0 amide bonds. The van der Waals surface area contributed by atoms with Crippen LogP contribution in [0, 0.1) is 23.7 Å². The Morgan fingerprint density at radius 1 is 1.15 bits per heavy atom. The van der Waals surface area contributed by atoms with Crippen LogP contribution in [0.3, 0.4) is 0 Å². The van der Waals surface area contributed by atoms with Gasteiger partial charge in [0.2, 0.25) is 0 Å². The highest BCUT2D eigenvalue weighted by Gasteiger charge is 2.42. The Morgan fingerprint density at radius 2 is 1.92 bits per heavy atom. The lowest BCUT2D eigenvalue weighted by Gasteiger charge is -2.46. The van der Waals surface area contributed by atoms with Crippen molar-refractivity contribution in [1.29, 1.82) is 0 Å². The van der Waals surface area contributed by atoms with Crippen LogP contribution in [0.25, 0.3) is 0 Å². The molecule has 13 heavy (non-hydrogen) atoms. The van der Waals surface area contributed by atoms with Gasteiger partial charge in [-0.2, -0.15) is 0 Å². The molecule has 1 unspecified atom stereocenters. The molecule has 1 N–H and O–H groups in total. The lowest BCUT2D eigenvalue weighted by Crippen LogP contribution is -2.45. The Hall–Kier alpha value is -0.0800. The molecule has 1 aliphatic carbocycles. The van der Waals surface area contributed by atoms with Gasteiger partial charge in [-0.05, 0) is 24.2 Å². The van der Waals surface area contributed by atoms with Crippen molar-refractivity contribution in [2.45, 2.75) is 39.4 Å². The van der Waals surface area contributed by atoms with Gasteiger partial charge in [0.25, 0.3) is 0 Å². The number of hydrogen-bond donors (Lipinski definition) is 1. The largest absolute Gasteiger partial charge is 0.368 e. The van der Waals surface area contributed by atoms with Crippen molar-refractivity contribution in [3.63, 3.8) is 0 Å². The van der Waals surface area contributed by atoms with Gasteiger partial charge in [-0.1, -0.05) is 26.7 Å². The second-order valence-corrected chi connectivity index (χ2v) is 4.85. The van der Waals surface area contributed by atoms with Crippen molar-refractivity contribution >= 4 is 0 Å². The molecule has 2 nitrogen and oxygen atoms in total. The van der Waals surface area contributed by atoms with Crippen LogP contribution in [0.4, 0.5) is 0 Å². The molecule has 0 aromatic carbocycles. The minimum Gasteiger partial charge on any atom is -0.368 e. The van der Waals surface area contributed by atoms with Gasteiger partial charge in [-0.3, -0.25) is 0 Å². The third-order valence-electron chi connectivity index (χ3n) is 3.90. The molecule has 2 rings (SSSR count). The Morgan fingerprint density at radius 3 is 2.62 bits per heavy atom. The summed E-state index contributed by atoms with van der Waals surface area (Å²) >= 11 is 0. The first-order chi connectivity index (χ1) is 6.20. The quantitative estimate of drug-likeness (QED) is 0.624. The summed E-state index contributed by atoms with van der Waals surface area (Å²) in [4.78, 5) is 0. The van der Waals surface area contributed by atoms with Gasteiger partial charge in [0, 0.05) is 5.92 Å². The number of aliphatic hydroxyl groups excluding tert-OH is 1. The summed E-state index contributed by atoms with van der Waals surface area (Å²) in [5.41, 5.74) is 0. The monoisotopic (exact) mass is 184 g/mol. The molecule has 2 heteroatoms. The number of hydrogen-bond acceptors (Lipinski definition) is 2. The molecule has 1 heterocycles. The minimum absolute atomic E-state index is 0.410. The summed E-state index contributed by atoms with van der Waals surface area (Å²) in [6.45, 7) is 5.32. The highest BCUT2D eigenvalue weighted by atomic mass is 16.6. The van der Waals surface area contributed by atoms with E-state index in [0.717, 1.165) is 18.9 Å². The average molecular weight is 184 g/mol. The highest BCUT2D eigenvalue weighted by Crippen LogP contribution is 2.43. The maximum atomic E-state index is 9.72. The van der Waals surface area contributed by atoms with Crippen LogP contribution in [0.15, 0.2) is 0 Å². The smallest absolute Gasteiger partial charge is 0.157 e. The van der Waals surface area contributed by atoms with E-state index in [4.69, 9.17) is 4.74 Å². The van der Waals surface area contributed by atoms with Crippen LogP contribution in [-0.4, -0.2) is 18.0 Å². The Labute approximate surface area is 80.3 Å². The van der Waals surface area contributed by atoms with Crippen molar-refractivity contribution < 1.29 is 9.84 Å². The Kier molecular flexibility index (Phi) is 2.61. The van der Waals surface area contributed by atoms with Crippen LogP contribution in [0.5, 0.6) is 0 Å². The Balaban J connectivity index is 2.12. The minimum atomic E-state index is -0.482. The molecule has 0 aromatic rings. The summed E-state index contributed by atoms with van der Waals surface area (Å²) in [5, 5.41) is 9.72. The zero-order valence-corrected chi connectivity index (χ0v) is 8.57. The predicted octanol–water partition coefficient (Wildman–Crippen LogP) is 2.02. The standard InChI is InChI=1S/C11H20O2/c1-7-4-3-5-9-10(7)8(2)6-13-11(9)12/h7-12H,3-6H2,1-2H3/t7-,8-,9+,10-,11?/m1/s1. The fourth-order valence-corrected chi connectivity index (χ4v) is 3.28. The van der Waals surface area contributed by atoms with Gasteiger partial charge in [-0.15, -0.1) is 0 Å². The van der Waals surface area contributed by atoms with Crippen molar-refractivity contribution in [2.24, 2.45) is 23.7 Å². The van der Waals surface area contributed by atoms with E-state index in [2.05, 4.69) is 13.8 Å². The molecule has 0 spiro atoms. The van der Waals surface area contributed by atoms with E-state index in [1.807, 2.05) is 0 Å². The molecule has 5 atom stereocenters. The number of aliphatic hydroxyl groups is 1. The van der Waals surface area contributed by atoms with Crippen LogP contribution < -0.4 is 0 Å². The van der Waals surface area contributed by atoms with E-state index in [1.54, 1.807) is 0 Å². The topological polar surface area (TPSA) is 29.5 Å². The molecule has 0 aromatic heterocycles. The first-order valence-corrected chi connectivity index (χ1v) is 5.50. The third-order valence-corrected chi connectivity index (χ3v) is 3.90. The fourth-order valence-electron chi connectivity index (χ4n) is 3.28. The van der Waals surface area contributed by atoms with Crippen molar-refractivity contribution in [3.8, 4) is 0 Å². The lowest BCUT2D eigenvalue weighted by molar-refractivity contribution is -0.211. The van der Waals surface area contributed by atoms with Gasteiger partial charge in [0.05, 0.1) is 6.61 Å². The zero-order chi connectivity index (χ0) is 9.42. The SMILES string of the molecule is C[C@@H]1CCC[C@@H]2C(O)OC[C@@H](C)[C@@H]12.